The van der Waals surface area contributed by atoms with E-state index in [1.165, 1.54) is 17.8 Å². The molecule has 2 fully saturated rings. The van der Waals surface area contributed by atoms with Gasteiger partial charge in [-0.1, -0.05) is 0 Å². The van der Waals surface area contributed by atoms with Crippen LogP contribution in [0, 0.1) is 0 Å². The maximum absolute atomic E-state index is 4.41. The van der Waals surface area contributed by atoms with Gasteiger partial charge in [0.15, 0.2) is 5.96 Å². The normalized spacial score (nSPS) is 21.2. The monoisotopic (exact) mass is 349 g/mol. The summed E-state index contributed by atoms with van der Waals surface area (Å²) < 4.78 is 0. The molecule has 1 atom stereocenters. The topological polar surface area (TPSA) is 42.9 Å². The zero-order chi connectivity index (χ0) is 16.9. The van der Waals surface area contributed by atoms with E-state index in [0.29, 0.717) is 12.1 Å². The summed E-state index contributed by atoms with van der Waals surface area (Å²) in [6, 6.07) is 6.21. The van der Waals surface area contributed by atoms with Crippen molar-refractivity contribution in [2.75, 3.05) is 38.6 Å². The van der Waals surface area contributed by atoms with Gasteiger partial charge in [-0.2, -0.15) is 0 Å². The Bertz CT molecular complexity index is 518. The fraction of sp³-hybridized carbons (Fsp3) is 0.722. The number of piperidine rings is 1. The molecule has 1 aliphatic carbocycles. The minimum absolute atomic E-state index is 0.517. The summed E-state index contributed by atoms with van der Waals surface area (Å²) in [5.74, 6) is 0.945. The molecular formula is C18H31N5S. The first-order chi connectivity index (χ1) is 11.7. The lowest BCUT2D eigenvalue weighted by molar-refractivity contribution is 0.247. The van der Waals surface area contributed by atoms with Crippen LogP contribution in [0.4, 0.5) is 5.00 Å². The fourth-order valence-electron chi connectivity index (χ4n) is 3.31. The van der Waals surface area contributed by atoms with Gasteiger partial charge in [-0.3, -0.25) is 9.89 Å². The van der Waals surface area contributed by atoms with E-state index in [1.54, 1.807) is 0 Å². The van der Waals surface area contributed by atoms with Crippen LogP contribution in [0.2, 0.25) is 0 Å². The Morgan fingerprint density at radius 3 is 2.71 bits per heavy atom. The molecule has 2 heterocycles. The van der Waals surface area contributed by atoms with E-state index >= 15 is 0 Å². The maximum Gasteiger partial charge on any atom is 0.191 e. The Hall–Kier alpha value is -1.27. The molecule has 1 saturated heterocycles. The molecule has 1 aliphatic heterocycles. The van der Waals surface area contributed by atoms with Gasteiger partial charge >= 0.3 is 0 Å². The Kier molecular flexibility index (Phi) is 6.00. The second kappa shape index (κ2) is 8.21. The van der Waals surface area contributed by atoms with Crippen molar-refractivity contribution in [2.24, 2.45) is 4.99 Å². The third-order valence-electron chi connectivity index (χ3n) is 5.26. The Labute approximate surface area is 150 Å². The number of guanidine groups is 1. The van der Waals surface area contributed by atoms with Crippen molar-refractivity contribution in [3.63, 3.8) is 0 Å². The smallest absolute Gasteiger partial charge is 0.191 e. The number of aliphatic imine (C=N–C) groups is 1. The van der Waals surface area contributed by atoms with Crippen LogP contribution in [0.3, 0.4) is 0 Å². The summed E-state index contributed by atoms with van der Waals surface area (Å²) in [7, 11) is 4.10. The molecule has 0 amide bonds. The van der Waals surface area contributed by atoms with Crippen LogP contribution in [-0.2, 0) is 0 Å². The Morgan fingerprint density at radius 2 is 2.12 bits per heavy atom. The van der Waals surface area contributed by atoms with E-state index in [1.807, 2.05) is 18.4 Å². The van der Waals surface area contributed by atoms with E-state index < -0.39 is 0 Å². The number of hydrogen-bond donors (Lipinski definition) is 2. The summed E-state index contributed by atoms with van der Waals surface area (Å²) in [6.07, 6.45) is 5.04. The molecule has 0 aromatic carbocycles. The number of nitrogens with one attached hydrogen (secondary N) is 2. The molecule has 2 N–H and O–H groups in total. The molecule has 0 bridgehead atoms. The number of likely N-dealkylation sites (N-methyl/N-ethyl adjacent to an activating group) is 1. The first-order valence-corrected chi connectivity index (χ1v) is 10.0. The Balaban J connectivity index is 1.39. The van der Waals surface area contributed by atoms with Crippen molar-refractivity contribution in [2.45, 2.75) is 50.7 Å². The van der Waals surface area contributed by atoms with Gasteiger partial charge in [0.1, 0.15) is 0 Å². The van der Waals surface area contributed by atoms with Crippen molar-refractivity contribution >= 4 is 22.3 Å². The third-order valence-corrected chi connectivity index (χ3v) is 6.19. The third kappa shape index (κ3) is 4.63. The average Bonchev–Trinajstić information content (AvgIpc) is 3.32. The zero-order valence-corrected chi connectivity index (χ0v) is 16.0. The maximum atomic E-state index is 4.41. The van der Waals surface area contributed by atoms with Crippen LogP contribution in [0.5, 0.6) is 0 Å². The largest absolute Gasteiger partial charge is 0.363 e. The lowest BCUT2D eigenvalue weighted by Crippen LogP contribution is -2.51. The van der Waals surface area contributed by atoms with Gasteiger partial charge in [0.25, 0.3) is 0 Å². The molecule has 6 heteroatoms. The van der Waals surface area contributed by atoms with E-state index in [4.69, 9.17) is 0 Å². The lowest BCUT2D eigenvalue weighted by atomic mass is 10.1. The standard InChI is InChI=1S/C18H31N5S/c1-14(22(3)16-6-7-16)13-20-18(19-2)21-15-8-10-23(11-9-15)17-5-4-12-24-17/h4-5,12,14-16H,6-11,13H2,1-3H3,(H2,19,20,21). The average molecular weight is 350 g/mol. The van der Waals surface area contributed by atoms with Crippen molar-refractivity contribution < 1.29 is 0 Å². The van der Waals surface area contributed by atoms with Crippen LogP contribution in [-0.4, -0.2) is 62.7 Å². The van der Waals surface area contributed by atoms with Crippen LogP contribution < -0.4 is 15.5 Å². The molecule has 1 aromatic rings. The minimum atomic E-state index is 0.517. The van der Waals surface area contributed by atoms with Crippen LogP contribution in [0.1, 0.15) is 32.6 Å². The number of anilines is 1. The number of rotatable bonds is 6. The summed E-state index contributed by atoms with van der Waals surface area (Å²) in [5.41, 5.74) is 0. The highest BCUT2D eigenvalue weighted by atomic mass is 32.1. The molecule has 0 radical (unpaired) electrons. The molecule has 0 spiro atoms. The number of thiophene rings is 1. The summed E-state index contributed by atoms with van der Waals surface area (Å²) >= 11 is 1.84. The van der Waals surface area contributed by atoms with Crippen LogP contribution >= 0.6 is 11.3 Å². The molecule has 1 unspecified atom stereocenters. The molecule has 3 rings (SSSR count). The predicted molar refractivity (Wildman–Crippen MR) is 104 cm³/mol. The van der Waals surface area contributed by atoms with Gasteiger partial charge in [-0.05, 0) is 57.2 Å². The zero-order valence-electron chi connectivity index (χ0n) is 15.2. The van der Waals surface area contributed by atoms with Crippen LogP contribution in [0.25, 0.3) is 0 Å². The Morgan fingerprint density at radius 1 is 1.38 bits per heavy atom. The molecule has 5 nitrogen and oxygen atoms in total. The van der Waals surface area contributed by atoms with E-state index in [2.05, 4.69) is 56.9 Å². The summed E-state index contributed by atoms with van der Waals surface area (Å²) in [6.45, 7) is 5.48. The molecular weight excluding hydrogens is 318 g/mol. The lowest BCUT2D eigenvalue weighted by Gasteiger charge is -2.34. The number of nitrogens with zero attached hydrogens (tertiary/aromatic N) is 3. The van der Waals surface area contributed by atoms with E-state index in [0.717, 1.165) is 44.5 Å². The van der Waals surface area contributed by atoms with E-state index in [9.17, 15) is 0 Å². The van der Waals surface area contributed by atoms with Gasteiger partial charge < -0.3 is 15.5 Å². The quantitative estimate of drug-likeness (QED) is 0.611. The SMILES string of the molecule is CN=C(NCC(C)N(C)C1CC1)NC1CCN(c2cccs2)CC1. The highest BCUT2D eigenvalue weighted by Gasteiger charge is 2.29. The molecule has 134 valence electrons. The fourth-order valence-corrected chi connectivity index (χ4v) is 4.10. The highest BCUT2D eigenvalue weighted by Crippen LogP contribution is 2.27. The van der Waals surface area contributed by atoms with Gasteiger partial charge in [-0.15, -0.1) is 11.3 Å². The summed E-state index contributed by atoms with van der Waals surface area (Å²) in [4.78, 5) is 9.38. The van der Waals surface area contributed by atoms with Crippen molar-refractivity contribution in [1.29, 1.82) is 0 Å². The van der Waals surface area contributed by atoms with Gasteiger partial charge in [-0.25, -0.2) is 0 Å². The first-order valence-electron chi connectivity index (χ1n) is 9.15. The van der Waals surface area contributed by atoms with Crippen molar-refractivity contribution in [3.8, 4) is 0 Å². The molecule has 24 heavy (non-hydrogen) atoms. The number of hydrogen-bond acceptors (Lipinski definition) is 4. The van der Waals surface area contributed by atoms with Gasteiger partial charge in [0.05, 0.1) is 5.00 Å². The highest BCUT2D eigenvalue weighted by molar-refractivity contribution is 7.14. The molecule has 1 aromatic heterocycles. The second-order valence-electron chi connectivity index (χ2n) is 7.06. The summed E-state index contributed by atoms with van der Waals surface area (Å²) in [5, 5.41) is 10.7. The molecule has 2 aliphatic rings. The van der Waals surface area contributed by atoms with Crippen molar-refractivity contribution in [1.82, 2.24) is 15.5 Å². The van der Waals surface area contributed by atoms with Crippen LogP contribution in [0.15, 0.2) is 22.5 Å². The minimum Gasteiger partial charge on any atom is -0.363 e. The second-order valence-corrected chi connectivity index (χ2v) is 7.98. The predicted octanol–water partition coefficient (Wildman–Crippen LogP) is 2.36. The molecule has 1 saturated carbocycles. The van der Waals surface area contributed by atoms with Gasteiger partial charge in [0.2, 0.25) is 0 Å². The van der Waals surface area contributed by atoms with Gasteiger partial charge in [0, 0.05) is 44.8 Å². The first kappa shape index (κ1) is 17.5. The van der Waals surface area contributed by atoms with Crippen molar-refractivity contribution in [3.05, 3.63) is 17.5 Å². The van der Waals surface area contributed by atoms with E-state index in [-0.39, 0.29) is 0 Å².